The summed E-state index contributed by atoms with van der Waals surface area (Å²) in [6.45, 7) is 5.61. The average molecular weight is 278 g/mol. The molecule has 1 rings (SSSR count). The van der Waals surface area contributed by atoms with Gasteiger partial charge in [-0.3, -0.25) is 4.79 Å². The molecule has 5 heteroatoms. The molecule has 1 amide bonds. The molecule has 0 aliphatic heterocycles. The maximum absolute atomic E-state index is 12.2. The fourth-order valence-electron chi connectivity index (χ4n) is 1.82. The van der Waals surface area contributed by atoms with Gasteiger partial charge in [-0.1, -0.05) is 19.9 Å². The van der Waals surface area contributed by atoms with E-state index in [1.807, 2.05) is 20.8 Å². The van der Waals surface area contributed by atoms with Crippen LogP contribution in [0.2, 0.25) is 0 Å². The molecule has 0 aromatic heterocycles. The molecule has 0 aliphatic rings. The van der Waals surface area contributed by atoms with Crippen molar-refractivity contribution in [3.8, 4) is 0 Å². The lowest BCUT2D eigenvalue weighted by molar-refractivity contribution is -0.121. The predicted molar refractivity (Wildman–Crippen MR) is 78.6 cm³/mol. The molecule has 0 atom stereocenters. The number of methoxy groups -OCH3 is 1. The standard InChI is InChI=1S/C15H22N2O3/c1-5-15(16,6-2)14(19)17-12-9-11(13(18)20-4)8-7-10(12)3/h7-9H,5-6,16H2,1-4H3,(H,17,19). The van der Waals surface area contributed by atoms with Crippen LogP contribution in [0.25, 0.3) is 0 Å². The highest BCUT2D eigenvalue weighted by Crippen LogP contribution is 2.20. The Morgan fingerprint density at radius 2 is 1.90 bits per heavy atom. The zero-order valence-electron chi connectivity index (χ0n) is 12.4. The molecular formula is C15H22N2O3. The molecule has 0 unspecified atom stereocenters. The summed E-state index contributed by atoms with van der Waals surface area (Å²) in [5.41, 5.74) is 7.00. The number of benzene rings is 1. The van der Waals surface area contributed by atoms with Crippen LogP contribution in [-0.2, 0) is 9.53 Å². The van der Waals surface area contributed by atoms with Crippen LogP contribution in [0.3, 0.4) is 0 Å². The van der Waals surface area contributed by atoms with Crippen molar-refractivity contribution in [1.82, 2.24) is 0 Å². The third-order valence-electron chi connectivity index (χ3n) is 3.62. The second-order valence-electron chi connectivity index (χ2n) is 4.84. The number of anilines is 1. The van der Waals surface area contributed by atoms with Crippen molar-refractivity contribution >= 4 is 17.6 Å². The number of nitrogens with two attached hydrogens (primary N) is 1. The SMILES string of the molecule is CCC(N)(CC)C(=O)Nc1cc(C(=O)OC)ccc1C. The van der Waals surface area contributed by atoms with E-state index >= 15 is 0 Å². The van der Waals surface area contributed by atoms with Gasteiger partial charge in [0.2, 0.25) is 5.91 Å². The molecule has 20 heavy (non-hydrogen) atoms. The summed E-state index contributed by atoms with van der Waals surface area (Å²) < 4.78 is 4.67. The third-order valence-corrected chi connectivity index (χ3v) is 3.62. The molecule has 3 N–H and O–H groups in total. The van der Waals surface area contributed by atoms with Crippen LogP contribution in [-0.4, -0.2) is 24.5 Å². The van der Waals surface area contributed by atoms with Gasteiger partial charge in [0, 0.05) is 5.69 Å². The molecule has 5 nitrogen and oxygen atoms in total. The van der Waals surface area contributed by atoms with E-state index in [-0.39, 0.29) is 5.91 Å². The first kappa shape index (κ1) is 16.2. The molecule has 110 valence electrons. The first-order valence-electron chi connectivity index (χ1n) is 6.67. The van der Waals surface area contributed by atoms with Gasteiger partial charge in [0.25, 0.3) is 0 Å². The second-order valence-corrected chi connectivity index (χ2v) is 4.84. The van der Waals surface area contributed by atoms with Gasteiger partial charge in [0.15, 0.2) is 0 Å². The maximum atomic E-state index is 12.2. The molecule has 0 saturated heterocycles. The molecule has 0 bridgehead atoms. The van der Waals surface area contributed by atoms with E-state index in [0.717, 1.165) is 5.56 Å². The molecule has 0 aliphatic carbocycles. The number of carbonyl (C=O) groups is 2. The molecule has 0 spiro atoms. The van der Waals surface area contributed by atoms with E-state index in [1.165, 1.54) is 7.11 Å². The number of esters is 1. The van der Waals surface area contributed by atoms with E-state index in [9.17, 15) is 9.59 Å². The molecule has 0 saturated carbocycles. The van der Waals surface area contributed by atoms with Crippen LogP contribution in [0.4, 0.5) is 5.69 Å². The zero-order valence-corrected chi connectivity index (χ0v) is 12.4. The highest BCUT2D eigenvalue weighted by molar-refractivity contribution is 5.99. The number of rotatable bonds is 5. The van der Waals surface area contributed by atoms with Crippen molar-refractivity contribution in [2.75, 3.05) is 12.4 Å². The minimum absolute atomic E-state index is 0.243. The Hall–Kier alpha value is -1.88. The Bertz CT molecular complexity index is 508. The van der Waals surface area contributed by atoms with Crippen molar-refractivity contribution in [2.24, 2.45) is 5.73 Å². The van der Waals surface area contributed by atoms with Crippen molar-refractivity contribution in [3.05, 3.63) is 29.3 Å². The number of hydrogen-bond acceptors (Lipinski definition) is 4. The Labute approximate surface area is 119 Å². The largest absolute Gasteiger partial charge is 0.465 e. The third kappa shape index (κ3) is 3.36. The minimum atomic E-state index is -0.895. The summed E-state index contributed by atoms with van der Waals surface area (Å²) in [5, 5.41) is 2.80. The highest BCUT2D eigenvalue weighted by Gasteiger charge is 2.30. The first-order valence-corrected chi connectivity index (χ1v) is 6.67. The second kappa shape index (κ2) is 6.52. The topological polar surface area (TPSA) is 81.4 Å². The molecule has 1 aromatic rings. The van der Waals surface area contributed by atoms with E-state index < -0.39 is 11.5 Å². The molecular weight excluding hydrogens is 256 g/mol. The number of aryl methyl sites for hydroxylation is 1. The molecule has 0 radical (unpaired) electrons. The van der Waals surface area contributed by atoms with Crippen molar-refractivity contribution in [3.63, 3.8) is 0 Å². The van der Waals surface area contributed by atoms with E-state index in [0.29, 0.717) is 24.1 Å². The first-order chi connectivity index (χ1) is 9.37. The quantitative estimate of drug-likeness (QED) is 0.809. The summed E-state index contributed by atoms with van der Waals surface area (Å²) >= 11 is 0. The number of nitrogens with one attached hydrogen (secondary N) is 1. The predicted octanol–water partition coefficient (Wildman–Crippen LogP) is 2.24. The van der Waals surface area contributed by atoms with E-state index in [2.05, 4.69) is 10.1 Å². The fraction of sp³-hybridized carbons (Fsp3) is 0.467. The lowest BCUT2D eigenvalue weighted by atomic mass is 9.93. The monoisotopic (exact) mass is 278 g/mol. The van der Waals surface area contributed by atoms with Crippen LogP contribution < -0.4 is 11.1 Å². The summed E-state index contributed by atoms with van der Waals surface area (Å²) in [4.78, 5) is 23.8. The van der Waals surface area contributed by atoms with Gasteiger partial charge in [-0.05, 0) is 37.5 Å². The molecule has 0 fully saturated rings. The summed E-state index contributed by atoms with van der Waals surface area (Å²) in [6.07, 6.45) is 1.09. The van der Waals surface area contributed by atoms with Crippen LogP contribution in [0.5, 0.6) is 0 Å². The van der Waals surface area contributed by atoms with Crippen LogP contribution in [0.1, 0.15) is 42.6 Å². The fourth-order valence-corrected chi connectivity index (χ4v) is 1.82. The smallest absolute Gasteiger partial charge is 0.337 e. The van der Waals surface area contributed by atoms with Gasteiger partial charge in [0.1, 0.15) is 0 Å². The van der Waals surface area contributed by atoms with Gasteiger partial charge in [-0.2, -0.15) is 0 Å². The van der Waals surface area contributed by atoms with Gasteiger partial charge in [-0.25, -0.2) is 4.79 Å². The van der Waals surface area contributed by atoms with Crippen LogP contribution >= 0.6 is 0 Å². The maximum Gasteiger partial charge on any atom is 0.337 e. The normalized spacial score (nSPS) is 11.1. The molecule has 1 aromatic carbocycles. The number of amides is 1. The highest BCUT2D eigenvalue weighted by atomic mass is 16.5. The van der Waals surface area contributed by atoms with Crippen molar-refractivity contribution < 1.29 is 14.3 Å². The summed E-state index contributed by atoms with van der Waals surface area (Å²) in [6, 6.07) is 5.02. The van der Waals surface area contributed by atoms with E-state index in [1.54, 1.807) is 18.2 Å². The average Bonchev–Trinajstić information content (AvgIpc) is 2.47. The minimum Gasteiger partial charge on any atom is -0.465 e. The number of carbonyl (C=O) groups excluding carboxylic acids is 2. The lowest BCUT2D eigenvalue weighted by Crippen LogP contribution is -2.50. The Kier molecular flexibility index (Phi) is 5.27. The van der Waals surface area contributed by atoms with Crippen LogP contribution in [0.15, 0.2) is 18.2 Å². The van der Waals surface area contributed by atoms with Crippen LogP contribution in [0, 0.1) is 6.92 Å². The van der Waals surface area contributed by atoms with Gasteiger partial charge >= 0.3 is 5.97 Å². The molecule has 0 heterocycles. The van der Waals surface area contributed by atoms with Gasteiger partial charge in [0.05, 0.1) is 18.2 Å². The zero-order chi connectivity index (χ0) is 15.3. The number of hydrogen-bond donors (Lipinski definition) is 2. The lowest BCUT2D eigenvalue weighted by Gasteiger charge is -2.25. The number of ether oxygens (including phenoxy) is 1. The Morgan fingerprint density at radius 3 is 2.40 bits per heavy atom. The van der Waals surface area contributed by atoms with E-state index in [4.69, 9.17) is 5.73 Å². The van der Waals surface area contributed by atoms with Gasteiger partial charge < -0.3 is 15.8 Å². The summed E-state index contributed by atoms with van der Waals surface area (Å²) in [7, 11) is 1.32. The Morgan fingerprint density at radius 1 is 1.30 bits per heavy atom. The van der Waals surface area contributed by atoms with Gasteiger partial charge in [-0.15, -0.1) is 0 Å². The Balaban J connectivity index is 3.03. The van der Waals surface area contributed by atoms with Crippen molar-refractivity contribution in [2.45, 2.75) is 39.2 Å². The summed E-state index contributed by atoms with van der Waals surface area (Å²) in [5.74, 6) is -0.682. The van der Waals surface area contributed by atoms with Crippen molar-refractivity contribution in [1.29, 1.82) is 0 Å².